The molecule has 0 bridgehead atoms. The first-order valence-electron chi connectivity index (χ1n) is 7.20. The minimum absolute atomic E-state index is 0.0524. The smallest absolute Gasteiger partial charge is 0.230 e. The van der Waals surface area contributed by atoms with Gasteiger partial charge in [0.25, 0.3) is 0 Å². The average molecular weight is 319 g/mol. The molecule has 5 nitrogen and oxygen atoms in total. The van der Waals surface area contributed by atoms with Crippen molar-refractivity contribution in [2.24, 2.45) is 0 Å². The normalized spacial score (nSPS) is 12.0. The molecule has 1 atom stereocenters. The van der Waals surface area contributed by atoms with E-state index in [9.17, 15) is 4.79 Å². The lowest BCUT2D eigenvalue weighted by molar-refractivity contribution is -0.119. The number of amides is 1. The highest BCUT2D eigenvalue weighted by atomic mass is 32.2. The fourth-order valence-corrected chi connectivity index (χ4v) is 2.47. The molecule has 22 heavy (non-hydrogen) atoms. The van der Waals surface area contributed by atoms with E-state index in [0.717, 1.165) is 22.8 Å². The van der Waals surface area contributed by atoms with E-state index in [0.29, 0.717) is 5.75 Å². The van der Waals surface area contributed by atoms with Gasteiger partial charge in [-0.2, -0.15) is 16.9 Å². The summed E-state index contributed by atoms with van der Waals surface area (Å²) in [6.45, 7) is 4.00. The molecule has 1 aromatic carbocycles. The number of ether oxygens (including phenoxy) is 1. The summed E-state index contributed by atoms with van der Waals surface area (Å²) in [6.07, 6.45) is 3.71. The molecule has 2 aromatic rings. The Hall–Kier alpha value is -1.95. The van der Waals surface area contributed by atoms with Crippen LogP contribution in [-0.4, -0.2) is 34.3 Å². The molecule has 0 aliphatic carbocycles. The van der Waals surface area contributed by atoms with Crippen molar-refractivity contribution in [2.45, 2.75) is 19.9 Å². The van der Waals surface area contributed by atoms with Crippen molar-refractivity contribution >= 4 is 17.7 Å². The van der Waals surface area contributed by atoms with Crippen LogP contribution in [0.4, 0.5) is 0 Å². The van der Waals surface area contributed by atoms with Crippen LogP contribution >= 0.6 is 11.8 Å². The fourth-order valence-electron chi connectivity index (χ4n) is 2.00. The van der Waals surface area contributed by atoms with E-state index in [4.69, 9.17) is 4.74 Å². The molecule has 0 aliphatic rings. The molecule has 0 saturated heterocycles. The number of thioether (sulfide) groups is 1. The highest BCUT2D eigenvalue weighted by Crippen LogP contribution is 2.17. The van der Waals surface area contributed by atoms with E-state index in [1.165, 1.54) is 0 Å². The zero-order chi connectivity index (χ0) is 15.9. The van der Waals surface area contributed by atoms with E-state index >= 15 is 0 Å². The first-order valence-corrected chi connectivity index (χ1v) is 8.35. The van der Waals surface area contributed by atoms with Crippen molar-refractivity contribution in [3.05, 3.63) is 42.2 Å². The SMILES string of the molecule is CCSCC(=O)N[C@H](C)c1cnn(-c2ccc(OC)cc2)c1. The van der Waals surface area contributed by atoms with Gasteiger partial charge in [0.15, 0.2) is 0 Å². The van der Waals surface area contributed by atoms with Crippen LogP contribution in [-0.2, 0) is 4.79 Å². The van der Waals surface area contributed by atoms with Gasteiger partial charge >= 0.3 is 0 Å². The Balaban J connectivity index is 2.02. The van der Waals surface area contributed by atoms with Crippen molar-refractivity contribution in [2.75, 3.05) is 18.6 Å². The average Bonchev–Trinajstić information content (AvgIpc) is 3.03. The molecule has 0 radical (unpaired) electrons. The van der Waals surface area contributed by atoms with Gasteiger partial charge in [0.1, 0.15) is 5.75 Å². The lowest BCUT2D eigenvalue weighted by atomic mass is 10.2. The number of hydrogen-bond acceptors (Lipinski definition) is 4. The van der Waals surface area contributed by atoms with Crippen molar-refractivity contribution in [1.82, 2.24) is 15.1 Å². The number of aromatic nitrogens is 2. The number of nitrogens with zero attached hydrogens (tertiary/aromatic N) is 2. The second kappa shape index (κ2) is 7.89. The summed E-state index contributed by atoms with van der Waals surface area (Å²) in [5.41, 5.74) is 1.93. The number of benzene rings is 1. The summed E-state index contributed by atoms with van der Waals surface area (Å²) < 4.78 is 6.94. The molecule has 0 spiro atoms. The molecule has 0 fully saturated rings. The summed E-state index contributed by atoms with van der Waals surface area (Å²) >= 11 is 1.61. The maximum Gasteiger partial charge on any atom is 0.230 e. The highest BCUT2D eigenvalue weighted by molar-refractivity contribution is 7.99. The predicted octanol–water partition coefficient (Wildman–Crippen LogP) is 2.81. The number of rotatable bonds is 7. The summed E-state index contributed by atoms with van der Waals surface area (Å²) in [5.74, 6) is 2.30. The number of nitrogens with one attached hydrogen (secondary N) is 1. The molecular formula is C16H21N3O2S. The van der Waals surface area contributed by atoms with Crippen molar-refractivity contribution < 1.29 is 9.53 Å². The Morgan fingerprint density at radius 1 is 1.41 bits per heavy atom. The van der Waals surface area contributed by atoms with Gasteiger partial charge in [-0.3, -0.25) is 4.79 Å². The summed E-state index contributed by atoms with van der Waals surface area (Å²) in [7, 11) is 1.64. The Bertz CT molecular complexity index is 610. The number of hydrogen-bond donors (Lipinski definition) is 1. The molecule has 0 unspecified atom stereocenters. The van der Waals surface area contributed by atoms with Crippen LogP contribution < -0.4 is 10.1 Å². The quantitative estimate of drug-likeness (QED) is 0.852. The Labute approximate surface area is 135 Å². The second-order valence-electron chi connectivity index (χ2n) is 4.84. The van der Waals surface area contributed by atoms with E-state index in [1.54, 1.807) is 29.8 Å². The fraction of sp³-hybridized carbons (Fsp3) is 0.375. The first kappa shape index (κ1) is 16.4. The van der Waals surface area contributed by atoms with Gasteiger partial charge in [0.2, 0.25) is 5.91 Å². The third-order valence-electron chi connectivity index (χ3n) is 3.25. The molecule has 0 saturated carbocycles. The van der Waals surface area contributed by atoms with Crippen molar-refractivity contribution in [3.8, 4) is 11.4 Å². The molecule has 1 aromatic heterocycles. The van der Waals surface area contributed by atoms with Crippen LogP contribution in [0.5, 0.6) is 5.75 Å². The van der Waals surface area contributed by atoms with E-state index in [-0.39, 0.29) is 11.9 Å². The molecule has 1 amide bonds. The van der Waals surface area contributed by atoms with Gasteiger partial charge in [-0.05, 0) is 36.9 Å². The summed E-state index contributed by atoms with van der Waals surface area (Å²) in [6, 6.07) is 7.61. The minimum atomic E-state index is -0.0584. The van der Waals surface area contributed by atoms with E-state index in [1.807, 2.05) is 44.3 Å². The third kappa shape index (κ3) is 4.27. The van der Waals surface area contributed by atoms with Crippen molar-refractivity contribution in [1.29, 1.82) is 0 Å². The van der Waals surface area contributed by atoms with Gasteiger partial charge in [-0.15, -0.1) is 0 Å². The summed E-state index contributed by atoms with van der Waals surface area (Å²) in [4.78, 5) is 11.8. The Kier molecular flexibility index (Phi) is 5.89. The van der Waals surface area contributed by atoms with Gasteiger partial charge in [0, 0.05) is 11.8 Å². The Morgan fingerprint density at radius 2 is 2.14 bits per heavy atom. The molecule has 6 heteroatoms. The molecule has 2 rings (SSSR count). The zero-order valence-corrected chi connectivity index (χ0v) is 13.9. The monoisotopic (exact) mass is 319 g/mol. The van der Waals surface area contributed by atoms with Gasteiger partial charge < -0.3 is 10.1 Å². The number of methoxy groups -OCH3 is 1. The molecule has 0 aliphatic heterocycles. The van der Waals surface area contributed by atoms with Crippen LogP contribution in [0.1, 0.15) is 25.5 Å². The molecule has 118 valence electrons. The lowest BCUT2D eigenvalue weighted by Crippen LogP contribution is -2.28. The minimum Gasteiger partial charge on any atom is -0.497 e. The van der Waals surface area contributed by atoms with Crippen LogP contribution in [0.25, 0.3) is 5.69 Å². The largest absolute Gasteiger partial charge is 0.497 e. The first-order chi connectivity index (χ1) is 10.6. The predicted molar refractivity (Wildman–Crippen MR) is 89.7 cm³/mol. The van der Waals surface area contributed by atoms with Crippen LogP contribution in [0.3, 0.4) is 0 Å². The molecular weight excluding hydrogens is 298 g/mol. The van der Waals surface area contributed by atoms with Gasteiger partial charge in [-0.25, -0.2) is 4.68 Å². The highest BCUT2D eigenvalue weighted by Gasteiger charge is 2.12. The van der Waals surface area contributed by atoms with Crippen LogP contribution in [0, 0.1) is 0 Å². The number of carbonyl (C=O) groups excluding carboxylic acids is 1. The molecule has 1 N–H and O–H groups in total. The van der Waals surface area contributed by atoms with E-state index in [2.05, 4.69) is 10.4 Å². The van der Waals surface area contributed by atoms with Crippen LogP contribution in [0.15, 0.2) is 36.7 Å². The van der Waals surface area contributed by atoms with Gasteiger partial charge in [0.05, 0.1) is 30.8 Å². The summed E-state index contributed by atoms with van der Waals surface area (Å²) in [5, 5.41) is 7.33. The van der Waals surface area contributed by atoms with Crippen LogP contribution in [0.2, 0.25) is 0 Å². The van der Waals surface area contributed by atoms with Gasteiger partial charge in [-0.1, -0.05) is 6.92 Å². The topological polar surface area (TPSA) is 56.2 Å². The van der Waals surface area contributed by atoms with E-state index < -0.39 is 0 Å². The van der Waals surface area contributed by atoms with Crippen molar-refractivity contribution in [3.63, 3.8) is 0 Å². The Morgan fingerprint density at radius 3 is 2.77 bits per heavy atom. The number of carbonyl (C=O) groups is 1. The zero-order valence-electron chi connectivity index (χ0n) is 13.1. The second-order valence-corrected chi connectivity index (χ2v) is 6.12. The lowest BCUT2D eigenvalue weighted by Gasteiger charge is -2.11. The maximum atomic E-state index is 11.8. The maximum absolute atomic E-state index is 11.8. The standard InChI is InChI=1S/C16H21N3O2S/c1-4-22-11-16(20)18-12(2)13-9-17-19(10-13)14-5-7-15(21-3)8-6-14/h5-10,12H,4,11H2,1-3H3,(H,18,20)/t12-/m1/s1. The third-order valence-corrected chi connectivity index (χ3v) is 4.13. The molecule has 1 heterocycles.